The summed E-state index contributed by atoms with van der Waals surface area (Å²) in [6.45, 7) is 10.2. The number of allylic oxidation sites excluding steroid dienone is 1. The van der Waals surface area contributed by atoms with Gasteiger partial charge in [0.1, 0.15) is 28.6 Å². The van der Waals surface area contributed by atoms with E-state index in [9.17, 15) is 14.7 Å². The van der Waals surface area contributed by atoms with Crippen LogP contribution in [0.2, 0.25) is 0 Å². The molecule has 36 heavy (non-hydrogen) atoms. The molecular weight excluding hydrogens is 456 g/mol. The molecule has 0 saturated carbocycles. The van der Waals surface area contributed by atoms with Gasteiger partial charge in [0.25, 0.3) is 0 Å². The standard InChI is InChI=1S/C30H38O6/c1-6-10-23-26(14-12-21(20(4)31)28(23)33)34-17-9-18-35-27-15-13-22-25(32)19-30(5,16-8-3)36-29(22)24(27)11-7-2/h8,12-16,33H,6-7,9-11,17-19H2,1-5H3/b16-8+/t30-/m0/s1. The Kier molecular flexibility index (Phi) is 9.19. The van der Waals surface area contributed by atoms with Crippen LogP contribution in [0, 0.1) is 0 Å². The number of rotatable bonds is 12. The number of carbonyl (C=O) groups is 2. The third kappa shape index (κ3) is 6.10. The van der Waals surface area contributed by atoms with Crippen molar-refractivity contribution in [1.82, 2.24) is 0 Å². The van der Waals surface area contributed by atoms with E-state index in [1.807, 2.05) is 39.0 Å². The molecular formula is C30H38O6. The fourth-order valence-electron chi connectivity index (χ4n) is 4.65. The van der Waals surface area contributed by atoms with E-state index in [0.29, 0.717) is 60.7 Å². The molecule has 1 heterocycles. The minimum Gasteiger partial charge on any atom is -0.507 e. The molecule has 0 amide bonds. The van der Waals surface area contributed by atoms with Crippen LogP contribution in [0.3, 0.4) is 0 Å². The van der Waals surface area contributed by atoms with Crippen molar-refractivity contribution in [2.24, 2.45) is 0 Å². The summed E-state index contributed by atoms with van der Waals surface area (Å²) in [5, 5.41) is 10.5. The van der Waals surface area contributed by atoms with Gasteiger partial charge in [-0.15, -0.1) is 0 Å². The SMILES string of the molecule is C/C=C/[C@@]1(C)CC(=O)c2ccc(OCCCOc3ccc(C(C)=O)c(O)c3CCC)c(CCC)c2O1. The zero-order valence-corrected chi connectivity index (χ0v) is 22.1. The molecule has 6 heteroatoms. The highest BCUT2D eigenvalue weighted by atomic mass is 16.5. The minimum atomic E-state index is -0.659. The Bertz CT molecular complexity index is 1130. The van der Waals surface area contributed by atoms with E-state index in [2.05, 4.69) is 6.92 Å². The summed E-state index contributed by atoms with van der Waals surface area (Å²) in [4.78, 5) is 24.6. The number of aromatic hydroxyl groups is 1. The van der Waals surface area contributed by atoms with E-state index in [4.69, 9.17) is 14.2 Å². The summed E-state index contributed by atoms with van der Waals surface area (Å²) in [5.74, 6) is 1.87. The lowest BCUT2D eigenvalue weighted by atomic mass is 9.89. The molecule has 1 aliphatic rings. The second-order valence-corrected chi connectivity index (χ2v) is 9.48. The molecule has 0 aromatic heterocycles. The zero-order valence-electron chi connectivity index (χ0n) is 22.1. The van der Waals surface area contributed by atoms with Crippen LogP contribution >= 0.6 is 0 Å². The Labute approximate surface area is 214 Å². The lowest BCUT2D eigenvalue weighted by Gasteiger charge is -2.34. The number of phenolic OH excluding ortho intramolecular Hbond substituents is 1. The number of carbonyl (C=O) groups excluding carboxylic acids is 2. The van der Waals surface area contributed by atoms with Crippen molar-refractivity contribution in [3.05, 3.63) is 58.7 Å². The van der Waals surface area contributed by atoms with Crippen molar-refractivity contribution in [3.8, 4) is 23.0 Å². The molecule has 0 saturated heterocycles. The van der Waals surface area contributed by atoms with Crippen molar-refractivity contribution in [2.45, 2.75) is 78.7 Å². The van der Waals surface area contributed by atoms with Crippen molar-refractivity contribution in [3.63, 3.8) is 0 Å². The maximum Gasteiger partial charge on any atom is 0.170 e. The molecule has 6 nitrogen and oxygen atoms in total. The number of hydrogen-bond acceptors (Lipinski definition) is 6. The van der Waals surface area contributed by atoms with Gasteiger partial charge in [-0.05, 0) is 64.0 Å². The number of Topliss-reactive ketones (excluding diaryl/α,β-unsaturated/α-hetero) is 2. The number of phenols is 1. The molecule has 0 unspecified atom stereocenters. The normalized spacial score (nSPS) is 17.1. The van der Waals surface area contributed by atoms with E-state index in [-0.39, 0.29) is 17.3 Å². The van der Waals surface area contributed by atoms with Crippen LogP contribution in [0.1, 0.15) is 92.1 Å². The molecule has 1 atom stereocenters. The fourth-order valence-corrected chi connectivity index (χ4v) is 4.65. The van der Waals surface area contributed by atoms with Crippen LogP contribution in [-0.4, -0.2) is 35.5 Å². The molecule has 0 radical (unpaired) electrons. The zero-order chi connectivity index (χ0) is 26.3. The highest BCUT2D eigenvalue weighted by molar-refractivity contribution is 6.01. The van der Waals surface area contributed by atoms with Gasteiger partial charge in [-0.25, -0.2) is 0 Å². The Balaban J connectivity index is 1.69. The van der Waals surface area contributed by atoms with E-state index in [1.165, 1.54) is 6.92 Å². The van der Waals surface area contributed by atoms with E-state index < -0.39 is 5.60 Å². The first-order valence-electron chi connectivity index (χ1n) is 12.9. The minimum absolute atomic E-state index is 0.0100. The maximum atomic E-state index is 12.8. The molecule has 0 fully saturated rings. The molecule has 194 valence electrons. The number of ether oxygens (including phenoxy) is 3. The topological polar surface area (TPSA) is 82.1 Å². The van der Waals surface area contributed by atoms with E-state index in [0.717, 1.165) is 30.6 Å². The first-order chi connectivity index (χ1) is 17.2. The Hall–Kier alpha value is -3.28. The monoisotopic (exact) mass is 494 g/mol. The highest BCUT2D eigenvalue weighted by Gasteiger charge is 2.36. The summed E-state index contributed by atoms with van der Waals surface area (Å²) in [6.07, 6.45) is 7.88. The van der Waals surface area contributed by atoms with Crippen molar-refractivity contribution < 1.29 is 28.9 Å². The highest BCUT2D eigenvalue weighted by Crippen LogP contribution is 2.41. The summed E-state index contributed by atoms with van der Waals surface area (Å²) < 4.78 is 18.4. The van der Waals surface area contributed by atoms with Gasteiger partial charge >= 0.3 is 0 Å². The number of hydrogen-bond donors (Lipinski definition) is 1. The van der Waals surface area contributed by atoms with Gasteiger partial charge in [0.15, 0.2) is 11.6 Å². The van der Waals surface area contributed by atoms with Gasteiger partial charge < -0.3 is 19.3 Å². The Morgan fingerprint density at radius 1 is 1.06 bits per heavy atom. The summed E-state index contributed by atoms with van der Waals surface area (Å²) in [6, 6.07) is 7.02. The van der Waals surface area contributed by atoms with Crippen LogP contribution in [-0.2, 0) is 12.8 Å². The average Bonchev–Trinajstić information content (AvgIpc) is 2.82. The molecule has 2 aromatic rings. The molecule has 0 spiro atoms. The third-order valence-electron chi connectivity index (χ3n) is 6.31. The number of ketones is 2. The number of fused-ring (bicyclic) bond motifs is 1. The van der Waals surface area contributed by atoms with Gasteiger partial charge in [-0.1, -0.05) is 32.8 Å². The molecule has 2 aromatic carbocycles. The molecule has 1 aliphatic heterocycles. The maximum absolute atomic E-state index is 12.8. The van der Waals surface area contributed by atoms with E-state index >= 15 is 0 Å². The number of benzene rings is 2. The van der Waals surface area contributed by atoms with Crippen LogP contribution in [0.15, 0.2) is 36.4 Å². The van der Waals surface area contributed by atoms with Crippen molar-refractivity contribution >= 4 is 11.6 Å². The second-order valence-electron chi connectivity index (χ2n) is 9.48. The Morgan fingerprint density at radius 3 is 2.28 bits per heavy atom. The van der Waals surface area contributed by atoms with Crippen LogP contribution in [0.5, 0.6) is 23.0 Å². The predicted molar refractivity (Wildman–Crippen MR) is 141 cm³/mol. The Morgan fingerprint density at radius 2 is 1.67 bits per heavy atom. The van der Waals surface area contributed by atoms with Crippen LogP contribution in [0.25, 0.3) is 0 Å². The van der Waals surface area contributed by atoms with Gasteiger partial charge in [0.2, 0.25) is 0 Å². The largest absolute Gasteiger partial charge is 0.507 e. The second kappa shape index (κ2) is 12.1. The van der Waals surface area contributed by atoms with Gasteiger partial charge in [0.05, 0.1) is 30.8 Å². The smallest absolute Gasteiger partial charge is 0.170 e. The van der Waals surface area contributed by atoms with Gasteiger partial charge in [0, 0.05) is 17.5 Å². The summed E-state index contributed by atoms with van der Waals surface area (Å²) >= 11 is 0. The molecule has 1 N–H and O–H groups in total. The third-order valence-corrected chi connectivity index (χ3v) is 6.31. The van der Waals surface area contributed by atoms with Gasteiger partial charge in [-0.3, -0.25) is 9.59 Å². The van der Waals surface area contributed by atoms with Crippen LogP contribution in [0.4, 0.5) is 0 Å². The lowest BCUT2D eigenvalue weighted by molar-refractivity contribution is 0.0721. The first-order valence-corrected chi connectivity index (χ1v) is 12.9. The van der Waals surface area contributed by atoms with Crippen molar-refractivity contribution in [2.75, 3.05) is 13.2 Å². The first kappa shape index (κ1) is 27.3. The lowest BCUT2D eigenvalue weighted by Crippen LogP contribution is -2.37. The van der Waals surface area contributed by atoms with E-state index in [1.54, 1.807) is 18.2 Å². The predicted octanol–water partition coefficient (Wildman–Crippen LogP) is 6.65. The summed E-state index contributed by atoms with van der Waals surface area (Å²) in [5.41, 5.74) is 1.87. The quantitative estimate of drug-likeness (QED) is 0.202. The molecule has 0 bridgehead atoms. The fraction of sp³-hybridized carbons (Fsp3) is 0.467. The average molecular weight is 495 g/mol. The van der Waals surface area contributed by atoms with Gasteiger partial charge in [-0.2, -0.15) is 0 Å². The molecule has 0 aliphatic carbocycles. The van der Waals surface area contributed by atoms with Crippen LogP contribution < -0.4 is 14.2 Å². The van der Waals surface area contributed by atoms with Crippen molar-refractivity contribution in [1.29, 1.82) is 0 Å². The summed E-state index contributed by atoms with van der Waals surface area (Å²) in [7, 11) is 0. The molecule has 3 rings (SSSR count).